The second-order valence-corrected chi connectivity index (χ2v) is 4.36. The van der Waals surface area contributed by atoms with Crippen LogP contribution in [0.5, 0.6) is 0 Å². The fourth-order valence-electron chi connectivity index (χ4n) is 2.01. The molecule has 0 aliphatic heterocycles. The lowest BCUT2D eigenvalue weighted by Crippen LogP contribution is -2.33. The lowest BCUT2D eigenvalue weighted by molar-refractivity contribution is -0.141. The van der Waals surface area contributed by atoms with Crippen LogP contribution in [0.3, 0.4) is 0 Å². The third-order valence-corrected chi connectivity index (χ3v) is 2.94. The first kappa shape index (κ1) is 14.4. The zero-order valence-corrected chi connectivity index (χ0v) is 10.1. The van der Waals surface area contributed by atoms with Crippen molar-refractivity contribution in [1.82, 2.24) is 5.32 Å². The number of hydrogen-bond donors (Lipinski definition) is 3. The number of nitrogens with one attached hydrogen (secondary N) is 1. The average Bonchev–Trinajstić information content (AvgIpc) is 2.77. The number of rotatable bonds is 7. The fourth-order valence-corrected chi connectivity index (χ4v) is 2.01. The van der Waals surface area contributed by atoms with Gasteiger partial charge in [-0.25, -0.2) is 0 Å². The minimum Gasteiger partial charge on any atom is -0.481 e. The van der Waals surface area contributed by atoms with Gasteiger partial charge in [0, 0.05) is 12.5 Å². The third-order valence-electron chi connectivity index (χ3n) is 2.94. The maximum Gasteiger partial charge on any atom is 0.306 e. The van der Waals surface area contributed by atoms with Crippen molar-refractivity contribution >= 4 is 17.8 Å². The van der Waals surface area contributed by atoms with Crippen LogP contribution in [0.4, 0.5) is 0 Å². The first-order chi connectivity index (χ1) is 8.50. The van der Waals surface area contributed by atoms with Gasteiger partial charge in [0.05, 0.1) is 12.5 Å². The molecule has 2 atom stereocenters. The van der Waals surface area contributed by atoms with Gasteiger partial charge in [0.15, 0.2) is 0 Å². The van der Waals surface area contributed by atoms with Gasteiger partial charge in [0.25, 0.3) is 0 Å². The summed E-state index contributed by atoms with van der Waals surface area (Å²) >= 11 is 0. The summed E-state index contributed by atoms with van der Waals surface area (Å²) in [7, 11) is 0. The van der Waals surface area contributed by atoms with Crippen LogP contribution in [0.1, 0.15) is 19.3 Å². The highest BCUT2D eigenvalue weighted by molar-refractivity contribution is 5.80. The van der Waals surface area contributed by atoms with E-state index >= 15 is 0 Å². The van der Waals surface area contributed by atoms with Gasteiger partial charge in [-0.1, -0.05) is 0 Å². The number of primary amides is 1. The van der Waals surface area contributed by atoms with Crippen molar-refractivity contribution in [2.75, 3.05) is 19.8 Å². The van der Waals surface area contributed by atoms with Gasteiger partial charge in [-0.3, -0.25) is 14.4 Å². The largest absolute Gasteiger partial charge is 0.481 e. The van der Waals surface area contributed by atoms with Crippen LogP contribution in [0, 0.1) is 11.8 Å². The molecule has 4 N–H and O–H groups in total. The zero-order valence-electron chi connectivity index (χ0n) is 10.1. The Bertz CT molecular complexity index is 331. The van der Waals surface area contributed by atoms with E-state index in [0.29, 0.717) is 25.8 Å². The predicted molar refractivity (Wildman–Crippen MR) is 61.5 cm³/mol. The Morgan fingerprint density at radius 2 is 1.94 bits per heavy atom. The molecule has 0 aromatic carbocycles. The summed E-state index contributed by atoms with van der Waals surface area (Å²) < 4.78 is 4.88. The number of carboxylic acid groups (broad SMARTS) is 1. The second kappa shape index (κ2) is 6.95. The molecule has 7 heteroatoms. The molecule has 102 valence electrons. The molecule has 0 unspecified atom stereocenters. The molecule has 0 saturated heterocycles. The summed E-state index contributed by atoms with van der Waals surface area (Å²) in [5.74, 6) is -2.19. The summed E-state index contributed by atoms with van der Waals surface area (Å²) in [5.41, 5.74) is 4.87. The Morgan fingerprint density at radius 3 is 2.50 bits per heavy atom. The molecule has 0 aromatic heterocycles. The molecule has 0 radical (unpaired) electrons. The Morgan fingerprint density at radius 1 is 1.28 bits per heavy atom. The maximum absolute atomic E-state index is 11.7. The highest BCUT2D eigenvalue weighted by Crippen LogP contribution is 2.30. The lowest BCUT2D eigenvalue weighted by atomic mass is 10.0. The van der Waals surface area contributed by atoms with Crippen LogP contribution in [-0.2, 0) is 19.1 Å². The van der Waals surface area contributed by atoms with Crippen molar-refractivity contribution in [2.24, 2.45) is 17.6 Å². The Kier molecular flexibility index (Phi) is 5.57. The number of nitrogens with two attached hydrogens (primary N) is 1. The molecule has 0 aromatic rings. The van der Waals surface area contributed by atoms with Gasteiger partial charge in [-0.15, -0.1) is 0 Å². The first-order valence-corrected chi connectivity index (χ1v) is 5.87. The molecule has 1 fully saturated rings. The van der Waals surface area contributed by atoms with E-state index in [9.17, 15) is 14.4 Å². The van der Waals surface area contributed by atoms with Crippen LogP contribution in [0.2, 0.25) is 0 Å². The van der Waals surface area contributed by atoms with Gasteiger partial charge < -0.3 is 20.9 Å². The van der Waals surface area contributed by atoms with Crippen LogP contribution >= 0.6 is 0 Å². The standard InChI is InChI=1S/C11H18N2O5/c12-9(14)6-18-4-3-13-10(15)7-1-2-8(5-7)11(16)17/h7-8H,1-6H2,(H2,12,14)(H,13,15)(H,16,17)/t7-,8+/m1/s1. The summed E-state index contributed by atoms with van der Waals surface area (Å²) in [6.45, 7) is 0.338. The molecule has 0 heterocycles. The topological polar surface area (TPSA) is 119 Å². The average molecular weight is 258 g/mol. The summed E-state index contributed by atoms with van der Waals surface area (Å²) in [4.78, 5) is 32.8. The molecule has 1 aliphatic carbocycles. The number of carboxylic acids is 1. The van der Waals surface area contributed by atoms with E-state index in [1.807, 2.05) is 0 Å². The Labute approximate surface area is 105 Å². The second-order valence-electron chi connectivity index (χ2n) is 4.36. The number of ether oxygens (including phenoxy) is 1. The van der Waals surface area contributed by atoms with Gasteiger partial charge >= 0.3 is 5.97 Å². The molecule has 0 spiro atoms. The van der Waals surface area contributed by atoms with Gasteiger partial charge in [-0.2, -0.15) is 0 Å². The van der Waals surface area contributed by atoms with E-state index in [1.54, 1.807) is 0 Å². The Hall–Kier alpha value is -1.63. The van der Waals surface area contributed by atoms with Crippen molar-refractivity contribution in [3.63, 3.8) is 0 Å². The van der Waals surface area contributed by atoms with E-state index in [2.05, 4.69) is 5.32 Å². The van der Waals surface area contributed by atoms with Crippen LogP contribution in [0.15, 0.2) is 0 Å². The van der Waals surface area contributed by atoms with Crippen molar-refractivity contribution in [3.05, 3.63) is 0 Å². The number of amides is 2. The summed E-state index contributed by atoms with van der Waals surface area (Å²) in [6.07, 6.45) is 1.54. The summed E-state index contributed by atoms with van der Waals surface area (Å²) in [5, 5.41) is 11.5. The normalized spacial score (nSPS) is 22.7. The lowest BCUT2D eigenvalue weighted by Gasteiger charge is -2.10. The molecule has 0 bridgehead atoms. The zero-order chi connectivity index (χ0) is 13.5. The SMILES string of the molecule is NC(=O)COCCNC(=O)[C@@H]1CC[C@H](C(=O)O)C1. The van der Waals surface area contributed by atoms with E-state index in [1.165, 1.54) is 0 Å². The Balaban J connectivity index is 2.14. The summed E-state index contributed by atoms with van der Waals surface area (Å²) in [6, 6.07) is 0. The van der Waals surface area contributed by atoms with Crippen molar-refractivity contribution in [3.8, 4) is 0 Å². The molecule has 7 nitrogen and oxygen atoms in total. The number of carbonyl (C=O) groups excluding carboxylic acids is 2. The maximum atomic E-state index is 11.7. The van der Waals surface area contributed by atoms with E-state index in [0.717, 1.165) is 0 Å². The van der Waals surface area contributed by atoms with Crippen LogP contribution in [0.25, 0.3) is 0 Å². The van der Waals surface area contributed by atoms with E-state index in [4.69, 9.17) is 15.6 Å². The van der Waals surface area contributed by atoms with Gasteiger partial charge in [-0.05, 0) is 19.3 Å². The minimum absolute atomic E-state index is 0.151. The monoisotopic (exact) mass is 258 g/mol. The quantitative estimate of drug-likeness (QED) is 0.512. The smallest absolute Gasteiger partial charge is 0.306 e. The highest BCUT2D eigenvalue weighted by Gasteiger charge is 2.33. The highest BCUT2D eigenvalue weighted by atomic mass is 16.5. The molecule has 2 amide bonds. The third kappa shape index (κ3) is 4.70. The van der Waals surface area contributed by atoms with Gasteiger partial charge in [0.1, 0.15) is 6.61 Å². The molecular weight excluding hydrogens is 240 g/mol. The van der Waals surface area contributed by atoms with Crippen molar-refractivity contribution < 1.29 is 24.2 Å². The number of carbonyl (C=O) groups is 3. The molecule has 1 saturated carbocycles. The van der Waals surface area contributed by atoms with E-state index < -0.39 is 17.8 Å². The minimum atomic E-state index is -0.838. The molecular formula is C11H18N2O5. The van der Waals surface area contributed by atoms with Crippen molar-refractivity contribution in [1.29, 1.82) is 0 Å². The fraction of sp³-hybridized carbons (Fsp3) is 0.727. The van der Waals surface area contributed by atoms with Crippen LogP contribution < -0.4 is 11.1 Å². The van der Waals surface area contributed by atoms with Crippen molar-refractivity contribution in [2.45, 2.75) is 19.3 Å². The van der Waals surface area contributed by atoms with E-state index in [-0.39, 0.29) is 25.0 Å². The number of aliphatic carboxylic acids is 1. The van der Waals surface area contributed by atoms with Crippen LogP contribution in [-0.4, -0.2) is 42.6 Å². The predicted octanol–water partition coefficient (Wildman–Crippen LogP) is -0.895. The first-order valence-electron chi connectivity index (χ1n) is 5.87. The molecule has 18 heavy (non-hydrogen) atoms. The molecule has 1 rings (SSSR count). The number of hydrogen-bond acceptors (Lipinski definition) is 4. The van der Waals surface area contributed by atoms with Gasteiger partial charge in [0.2, 0.25) is 11.8 Å². The molecule has 1 aliphatic rings.